The van der Waals surface area contributed by atoms with Crippen molar-refractivity contribution in [1.82, 2.24) is 4.57 Å². The monoisotopic (exact) mass is 263 g/mol. The number of para-hydroxylation sites is 1. The molecule has 0 radical (unpaired) electrons. The average molecular weight is 263 g/mol. The second-order valence-corrected chi connectivity index (χ2v) is 4.94. The van der Waals surface area contributed by atoms with Gasteiger partial charge in [-0.15, -0.1) is 0 Å². The largest absolute Gasteiger partial charge is 0.334 e. The highest BCUT2D eigenvalue weighted by Crippen LogP contribution is 2.22. The van der Waals surface area contributed by atoms with E-state index in [0.29, 0.717) is 6.42 Å². The fourth-order valence-corrected chi connectivity index (χ4v) is 2.56. The fourth-order valence-electron chi connectivity index (χ4n) is 2.56. The molecule has 0 atom stereocenters. The van der Waals surface area contributed by atoms with Crippen LogP contribution in [0.3, 0.4) is 0 Å². The van der Waals surface area contributed by atoms with Gasteiger partial charge in [0.15, 0.2) is 5.78 Å². The van der Waals surface area contributed by atoms with Gasteiger partial charge in [-0.25, -0.2) is 0 Å². The zero-order valence-electron chi connectivity index (χ0n) is 11.5. The van der Waals surface area contributed by atoms with Gasteiger partial charge in [-0.2, -0.15) is 0 Å². The number of hydrogen-bond acceptors (Lipinski definition) is 1. The Morgan fingerprint density at radius 1 is 1.00 bits per heavy atom. The number of Topliss-reactive ketones (excluding diaryl/α,β-unsaturated/α-hetero) is 1. The number of carbonyl (C=O) groups excluding carboxylic acids is 1. The Balaban J connectivity index is 2.13. The summed E-state index contributed by atoms with van der Waals surface area (Å²) in [4.78, 5) is 12.2. The Hall–Kier alpha value is -2.35. The highest BCUT2D eigenvalue weighted by atomic mass is 16.1. The summed E-state index contributed by atoms with van der Waals surface area (Å²) in [5.74, 6) is 0.192. The molecule has 0 saturated carbocycles. The van der Waals surface area contributed by atoms with Gasteiger partial charge in [0.1, 0.15) is 0 Å². The fraction of sp³-hybridized carbons (Fsp3) is 0.167. The van der Waals surface area contributed by atoms with Gasteiger partial charge in [0.05, 0.1) is 5.69 Å². The molecular weight excluding hydrogens is 246 g/mol. The molecule has 3 rings (SSSR count). The standard InChI is InChI=1S/C18H17NO/c1-2-18(20)17-12-15-10-6-7-11-16(15)19(17)13-14-8-4-3-5-9-14/h3-12H,2,13H2,1H3. The van der Waals surface area contributed by atoms with Gasteiger partial charge in [0.2, 0.25) is 0 Å². The van der Waals surface area contributed by atoms with E-state index >= 15 is 0 Å². The van der Waals surface area contributed by atoms with Gasteiger partial charge in [-0.05, 0) is 17.7 Å². The first kappa shape index (κ1) is 12.7. The first-order valence-electron chi connectivity index (χ1n) is 6.95. The molecule has 0 aliphatic carbocycles. The van der Waals surface area contributed by atoms with Crippen molar-refractivity contribution >= 4 is 16.7 Å². The molecule has 0 saturated heterocycles. The predicted octanol–water partition coefficient (Wildman–Crippen LogP) is 4.28. The van der Waals surface area contributed by atoms with Crippen molar-refractivity contribution in [1.29, 1.82) is 0 Å². The molecule has 0 bridgehead atoms. The van der Waals surface area contributed by atoms with Crippen LogP contribution in [-0.4, -0.2) is 10.4 Å². The molecule has 0 aliphatic rings. The van der Waals surface area contributed by atoms with E-state index in [2.05, 4.69) is 28.8 Å². The van der Waals surface area contributed by atoms with Gasteiger partial charge < -0.3 is 4.57 Å². The Kier molecular flexibility index (Phi) is 3.38. The van der Waals surface area contributed by atoms with Gasteiger partial charge in [0, 0.05) is 23.9 Å². The molecule has 0 unspecified atom stereocenters. The summed E-state index contributed by atoms with van der Waals surface area (Å²) >= 11 is 0. The minimum atomic E-state index is 0.192. The van der Waals surface area contributed by atoms with Crippen molar-refractivity contribution < 1.29 is 4.79 Å². The zero-order chi connectivity index (χ0) is 13.9. The molecule has 2 nitrogen and oxygen atoms in total. The highest BCUT2D eigenvalue weighted by molar-refractivity contribution is 6.00. The molecule has 0 N–H and O–H groups in total. The summed E-state index contributed by atoms with van der Waals surface area (Å²) in [6, 6.07) is 20.4. The normalized spacial score (nSPS) is 10.8. The molecule has 1 aromatic heterocycles. The van der Waals surface area contributed by atoms with E-state index in [0.717, 1.165) is 23.1 Å². The summed E-state index contributed by atoms with van der Waals surface area (Å²) in [6.45, 7) is 2.64. The number of carbonyl (C=O) groups is 1. The number of ketones is 1. The lowest BCUT2D eigenvalue weighted by molar-refractivity contribution is 0.0980. The van der Waals surface area contributed by atoms with Crippen LogP contribution in [0.4, 0.5) is 0 Å². The summed E-state index contributed by atoms with van der Waals surface area (Å²) in [6.07, 6.45) is 0.533. The maximum absolute atomic E-state index is 12.2. The molecule has 3 aromatic rings. The van der Waals surface area contributed by atoms with Gasteiger partial charge in [-0.3, -0.25) is 4.79 Å². The number of aromatic nitrogens is 1. The first-order chi connectivity index (χ1) is 9.79. The Bertz CT molecular complexity index is 740. The third-order valence-corrected chi connectivity index (χ3v) is 3.60. The molecule has 0 aliphatic heterocycles. The average Bonchev–Trinajstić information content (AvgIpc) is 2.86. The molecule has 0 spiro atoms. The smallest absolute Gasteiger partial charge is 0.178 e. The molecule has 100 valence electrons. The van der Waals surface area contributed by atoms with Crippen molar-refractivity contribution in [2.24, 2.45) is 0 Å². The summed E-state index contributed by atoms with van der Waals surface area (Å²) < 4.78 is 2.12. The topological polar surface area (TPSA) is 22.0 Å². The molecule has 2 aromatic carbocycles. The lowest BCUT2D eigenvalue weighted by atomic mass is 10.2. The van der Waals surface area contributed by atoms with E-state index < -0.39 is 0 Å². The van der Waals surface area contributed by atoms with Gasteiger partial charge >= 0.3 is 0 Å². The Morgan fingerprint density at radius 3 is 2.45 bits per heavy atom. The van der Waals surface area contributed by atoms with Crippen LogP contribution >= 0.6 is 0 Å². The lowest BCUT2D eigenvalue weighted by Crippen LogP contribution is -2.09. The Morgan fingerprint density at radius 2 is 1.70 bits per heavy atom. The van der Waals surface area contributed by atoms with Crippen molar-refractivity contribution in [2.45, 2.75) is 19.9 Å². The van der Waals surface area contributed by atoms with Crippen LogP contribution in [0.25, 0.3) is 10.9 Å². The zero-order valence-corrected chi connectivity index (χ0v) is 11.5. The van der Waals surface area contributed by atoms with E-state index in [-0.39, 0.29) is 5.78 Å². The maximum atomic E-state index is 12.2. The SMILES string of the molecule is CCC(=O)c1cc2ccccc2n1Cc1ccccc1. The number of rotatable bonds is 4. The third kappa shape index (κ3) is 2.25. The highest BCUT2D eigenvalue weighted by Gasteiger charge is 2.13. The summed E-state index contributed by atoms with van der Waals surface area (Å²) in [5.41, 5.74) is 3.13. The third-order valence-electron chi connectivity index (χ3n) is 3.60. The second kappa shape index (κ2) is 5.33. The number of nitrogens with zero attached hydrogens (tertiary/aromatic N) is 1. The number of fused-ring (bicyclic) bond motifs is 1. The molecule has 0 fully saturated rings. The van der Waals surface area contributed by atoms with Crippen LogP contribution < -0.4 is 0 Å². The van der Waals surface area contributed by atoms with Crippen molar-refractivity contribution in [3.8, 4) is 0 Å². The number of hydrogen-bond donors (Lipinski definition) is 0. The van der Waals surface area contributed by atoms with Crippen LogP contribution in [0.5, 0.6) is 0 Å². The summed E-state index contributed by atoms with van der Waals surface area (Å²) in [7, 11) is 0. The minimum Gasteiger partial charge on any atom is -0.334 e. The van der Waals surface area contributed by atoms with E-state index in [1.807, 2.05) is 43.3 Å². The van der Waals surface area contributed by atoms with Crippen LogP contribution in [0.2, 0.25) is 0 Å². The predicted molar refractivity (Wildman–Crippen MR) is 82.1 cm³/mol. The van der Waals surface area contributed by atoms with Crippen molar-refractivity contribution in [3.63, 3.8) is 0 Å². The quantitative estimate of drug-likeness (QED) is 0.644. The molecule has 1 heterocycles. The number of benzene rings is 2. The van der Waals surface area contributed by atoms with E-state index in [1.165, 1.54) is 5.56 Å². The molecule has 20 heavy (non-hydrogen) atoms. The van der Waals surface area contributed by atoms with Crippen LogP contribution in [0.1, 0.15) is 29.4 Å². The van der Waals surface area contributed by atoms with Crippen LogP contribution in [0.15, 0.2) is 60.7 Å². The van der Waals surface area contributed by atoms with Crippen molar-refractivity contribution in [3.05, 3.63) is 71.9 Å². The molecule has 2 heteroatoms. The van der Waals surface area contributed by atoms with E-state index in [9.17, 15) is 4.79 Å². The van der Waals surface area contributed by atoms with E-state index in [4.69, 9.17) is 0 Å². The Labute approximate surface area is 118 Å². The van der Waals surface area contributed by atoms with Gasteiger partial charge in [0.25, 0.3) is 0 Å². The van der Waals surface area contributed by atoms with Gasteiger partial charge in [-0.1, -0.05) is 55.5 Å². The minimum absolute atomic E-state index is 0.192. The summed E-state index contributed by atoms with van der Waals surface area (Å²) in [5, 5.41) is 1.13. The first-order valence-corrected chi connectivity index (χ1v) is 6.95. The van der Waals surface area contributed by atoms with Crippen LogP contribution in [0, 0.1) is 0 Å². The molecule has 0 amide bonds. The van der Waals surface area contributed by atoms with Crippen molar-refractivity contribution in [2.75, 3.05) is 0 Å². The van der Waals surface area contributed by atoms with Crippen LogP contribution in [-0.2, 0) is 6.54 Å². The second-order valence-electron chi connectivity index (χ2n) is 4.94. The lowest BCUT2D eigenvalue weighted by Gasteiger charge is -2.09. The molecular formula is C18H17NO. The maximum Gasteiger partial charge on any atom is 0.178 e. The van der Waals surface area contributed by atoms with E-state index in [1.54, 1.807) is 0 Å².